The summed E-state index contributed by atoms with van der Waals surface area (Å²) in [6, 6.07) is 6.79. The van der Waals surface area contributed by atoms with E-state index in [2.05, 4.69) is 9.71 Å². The minimum absolute atomic E-state index is 0.146. The molecule has 0 atom stereocenters. The van der Waals surface area contributed by atoms with Crippen LogP contribution in [0.1, 0.15) is 39.2 Å². The molecule has 31 heavy (non-hydrogen) atoms. The predicted molar refractivity (Wildman–Crippen MR) is 118 cm³/mol. The molecule has 1 aromatic carbocycles. The average Bonchev–Trinajstić information content (AvgIpc) is 3.20. The number of hydrogen-bond donors (Lipinski definition) is 1. The number of nitrogens with zero attached hydrogens (tertiary/aromatic N) is 2. The number of fused-ring (bicyclic) bond motifs is 1. The zero-order valence-corrected chi connectivity index (χ0v) is 19.1. The van der Waals surface area contributed by atoms with Crippen LogP contribution in [0.2, 0.25) is 0 Å². The highest BCUT2D eigenvalue weighted by atomic mass is 32.2. The quantitative estimate of drug-likeness (QED) is 0.705. The molecular weight excluding hydrogens is 438 g/mol. The van der Waals surface area contributed by atoms with Gasteiger partial charge >= 0.3 is 5.97 Å². The standard InChI is InChI=1S/C21H23N3O5S2/c1-12-13(2)30-20(17(12)21(26)29-3)22-19(25)14-8-10-24(11-9-14)18-15-6-4-5-7-16(15)31(27,28)23-18/h4-7,14H,8-11H2,1-3H3,(H,22,25). The van der Waals surface area contributed by atoms with Gasteiger partial charge in [-0.3, -0.25) is 4.79 Å². The van der Waals surface area contributed by atoms with Crippen LogP contribution >= 0.6 is 11.3 Å². The molecule has 2 aromatic rings. The third-order valence-electron chi connectivity index (χ3n) is 5.79. The summed E-state index contributed by atoms with van der Waals surface area (Å²) in [5, 5.41) is 3.41. The van der Waals surface area contributed by atoms with Gasteiger partial charge in [0.15, 0.2) is 5.84 Å². The Bertz CT molecular complexity index is 1190. The highest BCUT2D eigenvalue weighted by Crippen LogP contribution is 2.34. The van der Waals surface area contributed by atoms with E-state index >= 15 is 0 Å². The van der Waals surface area contributed by atoms with Crippen molar-refractivity contribution in [2.24, 2.45) is 10.3 Å². The number of hydrogen-bond acceptors (Lipinski definition) is 7. The van der Waals surface area contributed by atoms with E-state index in [0.717, 1.165) is 10.4 Å². The van der Waals surface area contributed by atoms with Crippen molar-refractivity contribution in [1.29, 1.82) is 0 Å². The Labute approximate surface area is 185 Å². The van der Waals surface area contributed by atoms with Crippen molar-refractivity contribution in [2.75, 3.05) is 25.5 Å². The molecular formula is C21H23N3O5S2. The van der Waals surface area contributed by atoms with E-state index in [4.69, 9.17) is 4.74 Å². The molecule has 1 fully saturated rings. The number of ether oxygens (including phenoxy) is 1. The molecule has 2 aliphatic heterocycles. The highest BCUT2D eigenvalue weighted by molar-refractivity contribution is 7.90. The third kappa shape index (κ3) is 3.85. The van der Waals surface area contributed by atoms with Crippen LogP contribution in [0.4, 0.5) is 5.00 Å². The Balaban J connectivity index is 1.45. The van der Waals surface area contributed by atoms with Crippen molar-refractivity contribution in [3.63, 3.8) is 0 Å². The van der Waals surface area contributed by atoms with Gasteiger partial charge in [0, 0.05) is 29.4 Å². The molecule has 1 aromatic heterocycles. The number of rotatable bonds is 3. The van der Waals surface area contributed by atoms with Crippen LogP contribution in [0.5, 0.6) is 0 Å². The smallest absolute Gasteiger partial charge is 0.341 e. The zero-order valence-electron chi connectivity index (χ0n) is 17.5. The number of likely N-dealkylation sites (tertiary alicyclic amines) is 1. The first-order valence-corrected chi connectivity index (χ1v) is 12.2. The minimum atomic E-state index is -3.67. The summed E-state index contributed by atoms with van der Waals surface area (Å²) in [7, 11) is -2.35. The summed E-state index contributed by atoms with van der Waals surface area (Å²) < 4.78 is 33.4. The molecule has 0 aliphatic carbocycles. The van der Waals surface area contributed by atoms with Gasteiger partial charge in [0.05, 0.1) is 12.7 Å². The van der Waals surface area contributed by atoms with E-state index in [-0.39, 0.29) is 16.7 Å². The number of benzene rings is 1. The monoisotopic (exact) mass is 461 g/mol. The van der Waals surface area contributed by atoms with Gasteiger partial charge in [0.1, 0.15) is 9.90 Å². The first kappa shape index (κ1) is 21.5. The van der Waals surface area contributed by atoms with Gasteiger partial charge in [-0.25, -0.2) is 4.79 Å². The van der Waals surface area contributed by atoms with E-state index in [1.807, 2.05) is 18.7 Å². The summed E-state index contributed by atoms with van der Waals surface area (Å²) >= 11 is 1.36. The number of anilines is 1. The Morgan fingerprint density at radius 2 is 1.87 bits per heavy atom. The summed E-state index contributed by atoms with van der Waals surface area (Å²) in [6.07, 6.45) is 1.12. The molecule has 4 rings (SSSR count). The number of nitrogens with one attached hydrogen (secondary N) is 1. The second kappa shape index (κ2) is 8.08. The molecule has 164 valence electrons. The molecule has 0 unspecified atom stereocenters. The molecule has 2 aliphatic rings. The molecule has 10 heteroatoms. The molecule has 0 saturated carbocycles. The van der Waals surface area contributed by atoms with Crippen LogP contribution in [0, 0.1) is 19.8 Å². The number of amidine groups is 1. The van der Waals surface area contributed by atoms with Gasteiger partial charge in [-0.15, -0.1) is 15.7 Å². The van der Waals surface area contributed by atoms with Crippen LogP contribution < -0.4 is 5.32 Å². The van der Waals surface area contributed by atoms with Gasteiger partial charge in [-0.05, 0) is 44.4 Å². The van der Waals surface area contributed by atoms with E-state index < -0.39 is 16.0 Å². The minimum Gasteiger partial charge on any atom is -0.465 e. The summed E-state index contributed by atoms with van der Waals surface area (Å²) in [5.41, 5.74) is 1.82. The maximum absolute atomic E-state index is 12.9. The largest absolute Gasteiger partial charge is 0.465 e. The Morgan fingerprint density at radius 3 is 2.55 bits per heavy atom. The van der Waals surface area contributed by atoms with Gasteiger partial charge in [-0.2, -0.15) is 8.42 Å². The van der Waals surface area contributed by atoms with Crippen LogP contribution in [-0.2, 0) is 19.6 Å². The Hall–Kier alpha value is -2.72. The van der Waals surface area contributed by atoms with Crippen molar-refractivity contribution in [3.05, 3.63) is 45.8 Å². The van der Waals surface area contributed by atoms with E-state index in [1.165, 1.54) is 18.4 Å². The molecule has 0 spiro atoms. The number of aryl methyl sites for hydroxylation is 1. The van der Waals surface area contributed by atoms with E-state index in [0.29, 0.717) is 47.9 Å². The predicted octanol–water partition coefficient (Wildman–Crippen LogP) is 2.95. The van der Waals surface area contributed by atoms with Crippen molar-refractivity contribution in [1.82, 2.24) is 4.90 Å². The SMILES string of the molecule is COC(=O)c1c(NC(=O)C2CCN(C3=NS(=O)(=O)c4ccccc43)CC2)sc(C)c1C. The number of esters is 1. The first-order chi connectivity index (χ1) is 14.7. The fourth-order valence-corrected chi connectivity index (χ4v) is 6.23. The van der Waals surface area contributed by atoms with Gasteiger partial charge in [0.25, 0.3) is 10.0 Å². The lowest BCUT2D eigenvalue weighted by molar-refractivity contribution is -0.120. The number of sulfonamides is 1. The number of thiophene rings is 1. The highest BCUT2D eigenvalue weighted by Gasteiger charge is 2.35. The molecule has 1 saturated heterocycles. The fraction of sp³-hybridized carbons (Fsp3) is 0.381. The Morgan fingerprint density at radius 1 is 1.19 bits per heavy atom. The molecule has 0 radical (unpaired) electrons. The fourth-order valence-electron chi connectivity index (χ4n) is 3.95. The van der Waals surface area contributed by atoms with Crippen LogP contribution in [0.25, 0.3) is 0 Å². The maximum atomic E-state index is 12.9. The van der Waals surface area contributed by atoms with Crippen LogP contribution in [-0.4, -0.2) is 51.2 Å². The summed E-state index contributed by atoms with van der Waals surface area (Å²) in [5.74, 6) is -0.399. The third-order valence-corrected chi connectivity index (χ3v) is 8.24. The van der Waals surface area contributed by atoms with Gasteiger partial charge in [-0.1, -0.05) is 12.1 Å². The summed E-state index contributed by atoms with van der Waals surface area (Å²) in [6.45, 7) is 4.77. The van der Waals surface area contributed by atoms with Crippen molar-refractivity contribution >= 4 is 44.1 Å². The summed E-state index contributed by atoms with van der Waals surface area (Å²) in [4.78, 5) is 28.1. The van der Waals surface area contributed by atoms with Gasteiger partial charge < -0.3 is 15.0 Å². The molecule has 8 nitrogen and oxygen atoms in total. The number of methoxy groups -OCH3 is 1. The first-order valence-electron chi connectivity index (χ1n) is 9.91. The second-order valence-electron chi connectivity index (χ2n) is 7.62. The lowest BCUT2D eigenvalue weighted by Crippen LogP contribution is -2.41. The number of piperidine rings is 1. The molecule has 3 heterocycles. The molecule has 1 N–H and O–H groups in total. The van der Waals surface area contributed by atoms with Crippen molar-refractivity contribution < 1.29 is 22.7 Å². The van der Waals surface area contributed by atoms with E-state index in [1.54, 1.807) is 24.3 Å². The lowest BCUT2D eigenvalue weighted by atomic mass is 9.95. The van der Waals surface area contributed by atoms with Crippen LogP contribution in [0.3, 0.4) is 0 Å². The topological polar surface area (TPSA) is 105 Å². The van der Waals surface area contributed by atoms with Gasteiger partial charge in [0.2, 0.25) is 5.91 Å². The number of amides is 1. The van der Waals surface area contributed by atoms with Crippen LogP contribution in [0.15, 0.2) is 33.6 Å². The normalized spacial score (nSPS) is 17.8. The number of carbonyl (C=O) groups is 2. The molecule has 0 bridgehead atoms. The number of carbonyl (C=O) groups excluding carboxylic acids is 2. The average molecular weight is 462 g/mol. The lowest BCUT2D eigenvalue weighted by Gasteiger charge is -2.32. The van der Waals surface area contributed by atoms with Crippen molar-refractivity contribution in [2.45, 2.75) is 31.6 Å². The van der Waals surface area contributed by atoms with E-state index in [9.17, 15) is 18.0 Å². The van der Waals surface area contributed by atoms with Crippen molar-refractivity contribution in [3.8, 4) is 0 Å². The Kier molecular flexibility index (Phi) is 5.61. The zero-order chi connectivity index (χ0) is 22.3. The maximum Gasteiger partial charge on any atom is 0.341 e. The second-order valence-corrected chi connectivity index (χ2v) is 10.4. The molecule has 1 amide bonds.